The van der Waals surface area contributed by atoms with E-state index >= 15 is 0 Å². The first-order valence-corrected chi connectivity index (χ1v) is 5.76. The third kappa shape index (κ3) is 1.40. The van der Waals surface area contributed by atoms with E-state index in [1.165, 1.54) is 11.3 Å². The molecular weight excluding hydrogens is 207 g/mol. The number of halogens is 1. The molecule has 0 spiro atoms. The maximum absolute atomic E-state index is 13.2. The third-order valence-corrected chi connectivity index (χ3v) is 3.73. The second-order valence-electron chi connectivity index (χ2n) is 2.61. The normalized spacial score (nSPS) is 10.9. The Morgan fingerprint density at radius 2 is 2.23 bits per heavy atom. The fourth-order valence-corrected chi connectivity index (χ4v) is 3.01. The fourth-order valence-electron chi connectivity index (χ4n) is 1.22. The van der Waals surface area contributed by atoms with E-state index in [1.54, 1.807) is 17.8 Å². The average molecular weight is 214 g/mol. The molecular formula is C9H7FOS2. The summed E-state index contributed by atoms with van der Waals surface area (Å²) in [5.74, 6) is -0.362. The van der Waals surface area contributed by atoms with Gasteiger partial charge >= 0.3 is 0 Å². The molecule has 0 saturated heterocycles. The molecule has 1 aromatic carbocycles. The Kier molecular flexibility index (Phi) is 2.17. The fraction of sp³-hybridized carbons (Fsp3) is 0.111. The molecule has 0 atom stereocenters. The lowest BCUT2D eigenvalue weighted by molar-refractivity contribution is 0.471. The number of benzene rings is 1. The minimum absolute atomic E-state index is 0.0151. The maximum atomic E-state index is 13.2. The molecule has 1 aromatic heterocycles. The Labute approximate surface area is 83.2 Å². The summed E-state index contributed by atoms with van der Waals surface area (Å²) < 4.78 is 13.9. The molecule has 2 aromatic rings. The molecule has 4 heteroatoms. The number of thioether (sulfide) groups is 1. The predicted octanol–water partition coefficient (Wildman–Crippen LogP) is 3.47. The van der Waals surface area contributed by atoms with E-state index in [0.29, 0.717) is 4.70 Å². The molecule has 0 saturated carbocycles. The van der Waals surface area contributed by atoms with Gasteiger partial charge in [-0.15, -0.1) is 23.1 Å². The topological polar surface area (TPSA) is 20.2 Å². The van der Waals surface area contributed by atoms with Crippen molar-refractivity contribution >= 4 is 33.2 Å². The number of thiophene rings is 1. The smallest absolute Gasteiger partial charge is 0.144 e. The second-order valence-corrected chi connectivity index (χ2v) is 4.34. The van der Waals surface area contributed by atoms with Gasteiger partial charge in [-0.05, 0) is 12.3 Å². The molecule has 1 N–H and O–H groups in total. The summed E-state index contributed by atoms with van der Waals surface area (Å²) in [5.41, 5.74) is 0. The molecule has 2 rings (SSSR count). The lowest BCUT2D eigenvalue weighted by Gasteiger charge is -1.96. The van der Waals surface area contributed by atoms with Crippen molar-refractivity contribution < 1.29 is 9.50 Å². The van der Waals surface area contributed by atoms with E-state index in [9.17, 15) is 9.50 Å². The first-order valence-electron chi connectivity index (χ1n) is 3.66. The standard InChI is InChI=1S/C9H7FOS2/c1-12-8-4-13-9-6(8)2-5(11)3-7(9)10/h2-4,11H,1H3. The Morgan fingerprint density at radius 1 is 1.46 bits per heavy atom. The van der Waals surface area contributed by atoms with Crippen LogP contribution >= 0.6 is 23.1 Å². The van der Waals surface area contributed by atoms with E-state index in [-0.39, 0.29) is 11.6 Å². The Balaban J connectivity index is 2.82. The van der Waals surface area contributed by atoms with E-state index in [4.69, 9.17) is 0 Å². The van der Waals surface area contributed by atoms with Gasteiger partial charge in [0.25, 0.3) is 0 Å². The van der Waals surface area contributed by atoms with Gasteiger partial charge in [-0.2, -0.15) is 0 Å². The van der Waals surface area contributed by atoms with Crippen LogP contribution in [0.5, 0.6) is 5.75 Å². The van der Waals surface area contributed by atoms with Crippen molar-refractivity contribution in [2.75, 3.05) is 6.26 Å². The number of aromatic hydroxyl groups is 1. The molecule has 0 aliphatic rings. The first-order chi connectivity index (χ1) is 6.22. The number of fused-ring (bicyclic) bond motifs is 1. The highest BCUT2D eigenvalue weighted by atomic mass is 32.2. The monoisotopic (exact) mass is 214 g/mol. The number of phenols is 1. The van der Waals surface area contributed by atoms with Crippen LogP contribution < -0.4 is 0 Å². The largest absolute Gasteiger partial charge is 0.508 e. The van der Waals surface area contributed by atoms with Crippen molar-refractivity contribution in [2.24, 2.45) is 0 Å². The molecule has 13 heavy (non-hydrogen) atoms. The Hall–Kier alpha value is -0.740. The second kappa shape index (κ2) is 3.20. The van der Waals surface area contributed by atoms with Gasteiger partial charge in [-0.3, -0.25) is 0 Å². The molecule has 0 bridgehead atoms. The van der Waals surface area contributed by atoms with Crippen molar-refractivity contribution in [2.45, 2.75) is 4.90 Å². The number of phenolic OH excluding ortho intramolecular Hbond substituents is 1. The van der Waals surface area contributed by atoms with Crippen LogP contribution in [0.1, 0.15) is 0 Å². The van der Waals surface area contributed by atoms with Crippen LogP contribution in [0.2, 0.25) is 0 Å². The van der Waals surface area contributed by atoms with Gasteiger partial charge in [0.2, 0.25) is 0 Å². The minimum atomic E-state index is -0.347. The van der Waals surface area contributed by atoms with E-state index in [0.717, 1.165) is 16.3 Å². The van der Waals surface area contributed by atoms with Gasteiger partial charge in [0.15, 0.2) is 0 Å². The van der Waals surface area contributed by atoms with Gasteiger partial charge < -0.3 is 5.11 Å². The SMILES string of the molecule is CSc1csc2c(F)cc(O)cc12. The van der Waals surface area contributed by atoms with Crippen LogP contribution in [-0.2, 0) is 0 Å². The van der Waals surface area contributed by atoms with Gasteiger partial charge in [-0.25, -0.2) is 4.39 Å². The zero-order chi connectivity index (χ0) is 9.42. The lowest BCUT2D eigenvalue weighted by atomic mass is 10.2. The van der Waals surface area contributed by atoms with Crippen molar-refractivity contribution in [1.82, 2.24) is 0 Å². The van der Waals surface area contributed by atoms with E-state index in [1.807, 2.05) is 11.6 Å². The molecule has 68 valence electrons. The Bertz CT molecular complexity index is 450. The summed E-state index contributed by atoms with van der Waals surface area (Å²) in [7, 11) is 0. The van der Waals surface area contributed by atoms with Crippen LogP contribution in [0.3, 0.4) is 0 Å². The maximum Gasteiger partial charge on any atom is 0.144 e. The summed E-state index contributed by atoms with van der Waals surface area (Å²) in [6.45, 7) is 0. The van der Waals surface area contributed by atoms with Crippen molar-refractivity contribution in [3.63, 3.8) is 0 Å². The minimum Gasteiger partial charge on any atom is -0.508 e. The summed E-state index contributed by atoms with van der Waals surface area (Å²) in [5, 5.41) is 11.9. The molecule has 1 heterocycles. The summed E-state index contributed by atoms with van der Waals surface area (Å²) in [4.78, 5) is 1.01. The van der Waals surface area contributed by atoms with E-state index in [2.05, 4.69) is 0 Å². The Morgan fingerprint density at radius 3 is 2.92 bits per heavy atom. The molecule has 0 unspecified atom stereocenters. The zero-order valence-electron chi connectivity index (χ0n) is 6.87. The number of hydrogen-bond acceptors (Lipinski definition) is 3. The van der Waals surface area contributed by atoms with Crippen molar-refractivity contribution in [3.8, 4) is 5.75 Å². The average Bonchev–Trinajstić information content (AvgIpc) is 2.47. The highest BCUT2D eigenvalue weighted by molar-refractivity contribution is 7.99. The predicted molar refractivity (Wildman–Crippen MR) is 55.2 cm³/mol. The third-order valence-electron chi connectivity index (χ3n) is 1.80. The summed E-state index contributed by atoms with van der Waals surface area (Å²) in [6.07, 6.45) is 1.93. The lowest BCUT2D eigenvalue weighted by Crippen LogP contribution is -1.74. The van der Waals surface area contributed by atoms with Crippen molar-refractivity contribution in [1.29, 1.82) is 0 Å². The van der Waals surface area contributed by atoms with Gasteiger partial charge in [0, 0.05) is 21.7 Å². The van der Waals surface area contributed by atoms with Crippen LogP contribution in [0.15, 0.2) is 22.4 Å². The van der Waals surface area contributed by atoms with Crippen LogP contribution in [-0.4, -0.2) is 11.4 Å². The first kappa shape index (κ1) is 8.84. The molecule has 0 fully saturated rings. The van der Waals surface area contributed by atoms with Gasteiger partial charge in [-0.1, -0.05) is 0 Å². The summed E-state index contributed by atoms with van der Waals surface area (Å²) in [6, 6.07) is 2.74. The molecule has 1 nitrogen and oxygen atoms in total. The molecule has 0 radical (unpaired) electrons. The van der Waals surface area contributed by atoms with Crippen LogP contribution in [0.4, 0.5) is 4.39 Å². The van der Waals surface area contributed by atoms with Gasteiger partial charge in [0.05, 0.1) is 4.70 Å². The zero-order valence-corrected chi connectivity index (χ0v) is 8.51. The number of hydrogen-bond donors (Lipinski definition) is 1. The van der Waals surface area contributed by atoms with Gasteiger partial charge in [0.1, 0.15) is 11.6 Å². The summed E-state index contributed by atoms with van der Waals surface area (Å²) >= 11 is 2.92. The van der Waals surface area contributed by atoms with Crippen molar-refractivity contribution in [3.05, 3.63) is 23.3 Å². The highest BCUT2D eigenvalue weighted by Crippen LogP contribution is 2.35. The number of rotatable bonds is 1. The van der Waals surface area contributed by atoms with E-state index < -0.39 is 0 Å². The molecule has 0 aliphatic heterocycles. The highest BCUT2D eigenvalue weighted by Gasteiger charge is 2.08. The molecule has 0 amide bonds. The quantitative estimate of drug-likeness (QED) is 0.733. The molecule has 0 aliphatic carbocycles. The van der Waals surface area contributed by atoms with Crippen LogP contribution in [0, 0.1) is 5.82 Å². The van der Waals surface area contributed by atoms with Crippen LogP contribution in [0.25, 0.3) is 10.1 Å².